The molecule has 2 heterocycles. The predicted molar refractivity (Wildman–Crippen MR) is 67.5 cm³/mol. The van der Waals surface area contributed by atoms with Gasteiger partial charge in [-0.3, -0.25) is 0 Å². The van der Waals surface area contributed by atoms with Crippen LogP contribution in [0.1, 0.15) is 0 Å². The van der Waals surface area contributed by atoms with Crippen LogP contribution in [-0.4, -0.2) is 110 Å². The van der Waals surface area contributed by atoms with Crippen LogP contribution < -0.4 is 0 Å². The highest BCUT2D eigenvalue weighted by atomic mass is 19.1. The van der Waals surface area contributed by atoms with E-state index < -0.39 is 74.7 Å². The smallest absolute Gasteiger partial charge is 0.187 e. The van der Waals surface area contributed by atoms with E-state index in [1.165, 1.54) is 0 Å². The Morgan fingerprint density at radius 1 is 0.783 bits per heavy atom. The van der Waals surface area contributed by atoms with Gasteiger partial charge in [0.05, 0.1) is 6.61 Å². The van der Waals surface area contributed by atoms with E-state index in [0.29, 0.717) is 0 Å². The molecule has 0 aromatic heterocycles. The lowest BCUT2D eigenvalue weighted by atomic mass is 9.97. The molecule has 0 aromatic rings. The molecule has 0 bridgehead atoms. The first-order chi connectivity index (χ1) is 10.8. The summed E-state index contributed by atoms with van der Waals surface area (Å²) in [6, 6.07) is 0. The van der Waals surface area contributed by atoms with E-state index in [1.54, 1.807) is 0 Å². The van der Waals surface area contributed by atoms with Gasteiger partial charge in [-0.2, -0.15) is 0 Å². The first-order valence-corrected chi connectivity index (χ1v) is 7.03. The molecule has 0 aromatic carbocycles. The number of aliphatic hydroxyl groups excluding tert-OH is 7. The number of alkyl halides is 1. The third-order valence-electron chi connectivity index (χ3n) is 3.95. The van der Waals surface area contributed by atoms with Gasteiger partial charge >= 0.3 is 0 Å². The molecule has 0 unspecified atom stereocenters. The molecule has 0 spiro atoms. The maximum Gasteiger partial charge on any atom is 0.187 e. The molecule has 10 nitrogen and oxygen atoms in total. The molecule has 2 saturated heterocycles. The Balaban J connectivity index is 2.11. The monoisotopic (exact) mass is 344 g/mol. The van der Waals surface area contributed by atoms with Crippen LogP contribution in [0.15, 0.2) is 0 Å². The molecule has 23 heavy (non-hydrogen) atoms. The summed E-state index contributed by atoms with van der Waals surface area (Å²) < 4.78 is 27.6. The number of hydrogen-bond acceptors (Lipinski definition) is 10. The molecule has 0 radical (unpaired) electrons. The SMILES string of the molecule is OC[C@H]1O[C@H](O[C@@H]2[C@H](O)[C@@H](O)O[C@H](CF)[C@H]2O)[C@@H](O)[C@@H](O)[C@@H]1O. The summed E-state index contributed by atoms with van der Waals surface area (Å²) in [5, 5.41) is 67.4. The van der Waals surface area contributed by atoms with Crippen LogP contribution in [0.25, 0.3) is 0 Å². The number of ether oxygens (including phenoxy) is 3. The quantitative estimate of drug-likeness (QED) is 0.264. The van der Waals surface area contributed by atoms with E-state index in [-0.39, 0.29) is 0 Å². The molecule has 2 fully saturated rings. The molecule has 0 saturated carbocycles. The largest absolute Gasteiger partial charge is 0.394 e. The Morgan fingerprint density at radius 2 is 1.43 bits per heavy atom. The normalized spacial score (nSPS) is 51.7. The third kappa shape index (κ3) is 3.64. The zero-order valence-electron chi connectivity index (χ0n) is 11.9. The standard InChI is InChI=1S/C12H21FO10/c13-1-3-6(16)10(9(19)11(20)21-3)23-12-8(18)7(17)5(15)4(2-14)22-12/h3-12,14-20H,1-2H2/t3-,4-,5-,6-,7+,8+,9+,10+,11+,12-/m1/s1. The second-order valence-corrected chi connectivity index (χ2v) is 5.50. The van der Waals surface area contributed by atoms with E-state index >= 15 is 0 Å². The fourth-order valence-electron chi connectivity index (χ4n) is 2.54. The van der Waals surface area contributed by atoms with Crippen molar-refractivity contribution in [2.75, 3.05) is 13.3 Å². The fourth-order valence-corrected chi connectivity index (χ4v) is 2.54. The molecule has 0 amide bonds. The fraction of sp³-hybridized carbons (Fsp3) is 1.00. The minimum atomic E-state index is -1.84. The van der Waals surface area contributed by atoms with Gasteiger partial charge in [0.1, 0.15) is 55.5 Å². The summed E-state index contributed by atoms with van der Waals surface area (Å²) in [6.45, 7) is -1.86. The van der Waals surface area contributed by atoms with Gasteiger partial charge in [-0.15, -0.1) is 0 Å². The second-order valence-electron chi connectivity index (χ2n) is 5.50. The summed E-state index contributed by atoms with van der Waals surface area (Å²) in [4.78, 5) is 0. The maximum atomic E-state index is 12.8. The molecule has 2 aliphatic heterocycles. The molecule has 0 aliphatic carbocycles. The zero-order valence-corrected chi connectivity index (χ0v) is 11.9. The van der Waals surface area contributed by atoms with Crippen molar-refractivity contribution in [2.45, 2.75) is 61.4 Å². The van der Waals surface area contributed by atoms with Crippen LogP contribution >= 0.6 is 0 Å². The highest BCUT2D eigenvalue weighted by Gasteiger charge is 2.50. The van der Waals surface area contributed by atoms with Crippen LogP contribution in [0.5, 0.6) is 0 Å². The van der Waals surface area contributed by atoms with Crippen LogP contribution in [0.3, 0.4) is 0 Å². The highest BCUT2D eigenvalue weighted by molar-refractivity contribution is 4.93. The van der Waals surface area contributed by atoms with Crippen molar-refractivity contribution in [2.24, 2.45) is 0 Å². The molecular formula is C12H21FO10. The molecule has 11 heteroatoms. The first-order valence-electron chi connectivity index (χ1n) is 7.03. The summed E-state index contributed by atoms with van der Waals surface area (Å²) in [5.74, 6) is 0. The number of hydrogen-bond donors (Lipinski definition) is 7. The van der Waals surface area contributed by atoms with Gasteiger partial charge in [-0.1, -0.05) is 0 Å². The van der Waals surface area contributed by atoms with Crippen molar-refractivity contribution in [3.63, 3.8) is 0 Å². The van der Waals surface area contributed by atoms with E-state index in [1.807, 2.05) is 0 Å². The summed E-state index contributed by atoms with van der Waals surface area (Å²) in [5.41, 5.74) is 0. The zero-order chi connectivity index (χ0) is 17.3. The van der Waals surface area contributed by atoms with Crippen LogP contribution in [-0.2, 0) is 14.2 Å². The topological polar surface area (TPSA) is 169 Å². The van der Waals surface area contributed by atoms with Crippen molar-refractivity contribution in [1.29, 1.82) is 0 Å². The Kier molecular flexibility index (Phi) is 6.24. The lowest BCUT2D eigenvalue weighted by Gasteiger charge is -2.45. The number of halogens is 1. The van der Waals surface area contributed by atoms with Gasteiger partial charge < -0.3 is 50.0 Å². The Morgan fingerprint density at radius 3 is 2.00 bits per heavy atom. The summed E-state index contributed by atoms with van der Waals surface area (Å²) >= 11 is 0. The predicted octanol–water partition coefficient (Wildman–Crippen LogP) is -4.42. The second kappa shape index (κ2) is 7.61. The van der Waals surface area contributed by atoms with Gasteiger partial charge in [-0.25, -0.2) is 4.39 Å². The van der Waals surface area contributed by atoms with E-state index in [2.05, 4.69) is 4.74 Å². The molecule has 2 rings (SSSR count). The summed E-state index contributed by atoms with van der Waals surface area (Å²) in [6.07, 6.45) is -16.4. The average molecular weight is 344 g/mol. The molecule has 10 atom stereocenters. The minimum Gasteiger partial charge on any atom is -0.394 e. The van der Waals surface area contributed by atoms with Gasteiger partial charge in [0.2, 0.25) is 0 Å². The van der Waals surface area contributed by atoms with E-state index in [0.717, 1.165) is 0 Å². The summed E-state index contributed by atoms with van der Waals surface area (Å²) in [7, 11) is 0. The number of aliphatic hydroxyl groups is 7. The minimum absolute atomic E-state index is 0.695. The Labute approximate surface area is 130 Å². The van der Waals surface area contributed by atoms with E-state index in [4.69, 9.17) is 14.6 Å². The van der Waals surface area contributed by atoms with Crippen LogP contribution in [0, 0.1) is 0 Å². The van der Waals surface area contributed by atoms with Gasteiger partial charge in [-0.05, 0) is 0 Å². The molecule has 2 aliphatic rings. The lowest BCUT2D eigenvalue weighted by Crippen LogP contribution is -2.64. The molecule has 136 valence electrons. The van der Waals surface area contributed by atoms with Crippen molar-refractivity contribution in [1.82, 2.24) is 0 Å². The van der Waals surface area contributed by atoms with Crippen molar-refractivity contribution in [3.05, 3.63) is 0 Å². The van der Waals surface area contributed by atoms with Crippen molar-refractivity contribution in [3.8, 4) is 0 Å². The van der Waals surface area contributed by atoms with Gasteiger partial charge in [0.15, 0.2) is 12.6 Å². The molecule has 7 N–H and O–H groups in total. The van der Waals surface area contributed by atoms with Gasteiger partial charge in [0.25, 0.3) is 0 Å². The first kappa shape index (κ1) is 18.9. The van der Waals surface area contributed by atoms with E-state index in [9.17, 15) is 35.0 Å². The van der Waals surface area contributed by atoms with Crippen molar-refractivity contribution < 1.29 is 54.3 Å². The molecular weight excluding hydrogens is 323 g/mol. The maximum absolute atomic E-state index is 12.8. The third-order valence-corrected chi connectivity index (χ3v) is 3.95. The lowest BCUT2D eigenvalue weighted by molar-refractivity contribution is -0.354. The van der Waals surface area contributed by atoms with Crippen molar-refractivity contribution >= 4 is 0 Å². The average Bonchev–Trinajstić information content (AvgIpc) is 2.54. The Hall–Kier alpha value is -0.470. The Bertz CT molecular complexity index is 385. The van der Waals surface area contributed by atoms with Crippen LogP contribution in [0.4, 0.5) is 4.39 Å². The van der Waals surface area contributed by atoms with Crippen LogP contribution in [0.2, 0.25) is 0 Å². The van der Waals surface area contributed by atoms with Gasteiger partial charge in [0, 0.05) is 0 Å². The number of rotatable bonds is 4. The highest BCUT2D eigenvalue weighted by Crippen LogP contribution is 2.28.